The van der Waals surface area contributed by atoms with E-state index in [1.54, 1.807) is 22.3 Å². The van der Waals surface area contributed by atoms with Crippen LogP contribution in [0.15, 0.2) is 18.2 Å². The summed E-state index contributed by atoms with van der Waals surface area (Å²) in [6, 6.07) is 4.97. The molecule has 2 aliphatic rings. The molecule has 0 fully saturated rings. The molecule has 1 aromatic rings. The van der Waals surface area contributed by atoms with Crippen molar-refractivity contribution >= 4 is 5.57 Å². The van der Waals surface area contributed by atoms with E-state index in [-0.39, 0.29) is 5.41 Å². The predicted octanol–water partition coefficient (Wildman–Crippen LogP) is 4.93. The average molecular weight is 283 g/mol. The number of rotatable bonds is 1. The quantitative estimate of drug-likeness (QED) is 0.706. The highest BCUT2D eigenvalue weighted by atomic mass is 15.1. The molecule has 0 saturated heterocycles. The normalized spacial score (nSPS) is 20.1. The molecule has 0 aromatic heterocycles. The minimum absolute atomic E-state index is 0.231. The molecule has 0 atom stereocenters. The Morgan fingerprint density at radius 3 is 2.52 bits per heavy atom. The SMILES string of the molecule is CN1CCc2c(cc(C(C)(C)C)cc2C2=CCCCC2)C1. The van der Waals surface area contributed by atoms with Gasteiger partial charge in [0.15, 0.2) is 0 Å². The van der Waals surface area contributed by atoms with Crippen LogP contribution in [0.2, 0.25) is 0 Å². The molecule has 1 nitrogen and oxygen atoms in total. The van der Waals surface area contributed by atoms with Crippen molar-refractivity contribution < 1.29 is 0 Å². The third kappa shape index (κ3) is 3.08. The van der Waals surface area contributed by atoms with Gasteiger partial charge in [0.25, 0.3) is 0 Å². The number of hydrogen-bond donors (Lipinski definition) is 0. The molecule has 0 spiro atoms. The van der Waals surface area contributed by atoms with Crippen LogP contribution in [0.4, 0.5) is 0 Å². The van der Waals surface area contributed by atoms with E-state index in [1.807, 2.05) is 0 Å². The monoisotopic (exact) mass is 283 g/mol. The Balaban J connectivity index is 2.12. The molecule has 0 saturated carbocycles. The van der Waals surface area contributed by atoms with Gasteiger partial charge in [0, 0.05) is 13.1 Å². The Morgan fingerprint density at radius 1 is 1.05 bits per heavy atom. The highest BCUT2D eigenvalue weighted by Crippen LogP contribution is 2.36. The summed E-state index contributed by atoms with van der Waals surface area (Å²) in [7, 11) is 2.24. The first-order valence-electron chi connectivity index (χ1n) is 8.49. The Morgan fingerprint density at radius 2 is 1.86 bits per heavy atom. The number of benzene rings is 1. The number of nitrogens with zero attached hydrogens (tertiary/aromatic N) is 1. The molecular weight excluding hydrogens is 254 g/mol. The molecule has 0 bridgehead atoms. The van der Waals surface area contributed by atoms with Gasteiger partial charge in [-0.05, 0) is 72.4 Å². The fourth-order valence-corrected chi connectivity index (χ4v) is 3.64. The molecule has 1 aromatic carbocycles. The van der Waals surface area contributed by atoms with Crippen LogP contribution in [-0.2, 0) is 18.4 Å². The van der Waals surface area contributed by atoms with Gasteiger partial charge in [-0.15, -0.1) is 0 Å². The van der Waals surface area contributed by atoms with Crippen LogP contribution in [-0.4, -0.2) is 18.5 Å². The van der Waals surface area contributed by atoms with E-state index in [9.17, 15) is 0 Å². The molecule has 1 heterocycles. The van der Waals surface area contributed by atoms with E-state index in [1.165, 1.54) is 44.2 Å². The maximum absolute atomic E-state index is 2.50. The maximum Gasteiger partial charge on any atom is 0.0233 e. The summed E-state index contributed by atoms with van der Waals surface area (Å²) in [6.45, 7) is 9.31. The zero-order valence-electron chi connectivity index (χ0n) is 14.1. The second-order valence-electron chi connectivity index (χ2n) is 7.87. The highest BCUT2D eigenvalue weighted by Gasteiger charge is 2.23. The van der Waals surface area contributed by atoms with E-state index < -0.39 is 0 Å². The fourth-order valence-electron chi connectivity index (χ4n) is 3.64. The number of likely N-dealkylation sites (N-methyl/N-ethyl adjacent to an activating group) is 1. The van der Waals surface area contributed by atoms with Gasteiger partial charge in [0.05, 0.1) is 0 Å². The third-order valence-electron chi connectivity index (χ3n) is 5.03. The highest BCUT2D eigenvalue weighted by molar-refractivity contribution is 5.71. The van der Waals surface area contributed by atoms with Crippen molar-refractivity contribution in [1.82, 2.24) is 4.90 Å². The van der Waals surface area contributed by atoms with E-state index in [0.29, 0.717) is 0 Å². The average Bonchev–Trinajstić information content (AvgIpc) is 2.45. The van der Waals surface area contributed by atoms with Crippen LogP contribution >= 0.6 is 0 Å². The van der Waals surface area contributed by atoms with Crippen molar-refractivity contribution in [2.75, 3.05) is 13.6 Å². The van der Waals surface area contributed by atoms with Crippen molar-refractivity contribution in [3.63, 3.8) is 0 Å². The van der Waals surface area contributed by atoms with Gasteiger partial charge in [-0.2, -0.15) is 0 Å². The second-order valence-corrected chi connectivity index (χ2v) is 7.87. The molecule has 3 rings (SSSR count). The van der Waals surface area contributed by atoms with Crippen LogP contribution < -0.4 is 0 Å². The zero-order valence-corrected chi connectivity index (χ0v) is 14.1. The van der Waals surface area contributed by atoms with Crippen molar-refractivity contribution in [1.29, 1.82) is 0 Å². The summed E-state index contributed by atoms with van der Waals surface area (Å²) in [5, 5.41) is 0. The first-order chi connectivity index (χ1) is 9.95. The Hall–Kier alpha value is -1.08. The molecule has 21 heavy (non-hydrogen) atoms. The van der Waals surface area contributed by atoms with Crippen molar-refractivity contribution in [2.45, 2.75) is 64.8 Å². The maximum atomic E-state index is 2.50. The summed E-state index contributed by atoms with van der Waals surface area (Å²) >= 11 is 0. The molecule has 1 aliphatic heterocycles. The lowest BCUT2D eigenvalue weighted by Gasteiger charge is -2.31. The van der Waals surface area contributed by atoms with Crippen LogP contribution in [0, 0.1) is 0 Å². The second kappa shape index (κ2) is 5.61. The summed E-state index contributed by atoms with van der Waals surface area (Å²) in [6.07, 6.45) is 8.99. The standard InChI is InChI=1S/C20H29N/c1-20(2,3)17-12-16-14-21(4)11-10-18(16)19(13-17)15-8-6-5-7-9-15/h8,12-13H,5-7,9-11,14H2,1-4H3. The molecule has 1 aliphatic carbocycles. The Labute approximate surface area is 130 Å². The molecule has 114 valence electrons. The van der Waals surface area contributed by atoms with Gasteiger partial charge in [-0.3, -0.25) is 0 Å². The molecule has 0 N–H and O–H groups in total. The molecule has 0 radical (unpaired) electrons. The van der Waals surface area contributed by atoms with Crippen molar-refractivity contribution in [3.05, 3.63) is 40.5 Å². The summed E-state index contributed by atoms with van der Waals surface area (Å²) in [5.41, 5.74) is 8.12. The van der Waals surface area contributed by atoms with Gasteiger partial charge in [0.2, 0.25) is 0 Å². The van der Waals surface area contributed by atoms with Crippen LogP contribution in [0.25, 0.3) is 5.57 Å². The summed E-state index contributed by atoms with van der Waals surface area (Å²) in [5.74, 6) is 0. The topological polar surface area (TPSA) is 3.24 Å². The van der Waals surface area contributed by atoms with E-state index in [0.717, 1.165) is 6.54 Å². The first-order valence-corrected chi connectivity index (χ1v) is 8.49. The Bertz CT molecular complexity index is 560. The largest absolute Gasteiger partial charge is 0.302 e. The number of fused-ring (bicyclic) bond motifs is 1. The molecule has 1 heteroatoms. The molecule has 0 unspecified atom stereocenters. The first kappa shape index (κ1) is 14.8. The summed E-state index contributed by atoms with van der Waals surface area (Å²) < 4.78 is 0. The molecule has 0 amide bonds. The van der Waals surface area contributed by atoms with Gasteiger partial charge in [-0.25, -0.2) is 0 Å². The lowest BCUT2D eigenvalue weighted by Crippen LogP contribution is -2.28. The summed E-state index contributed by atoms with van der Waals surface area (Å²) in [4.78, 5) is 2.45. The van der Waals surface area contributed by atoms with E-state index >= 15 is 0 Å². The van der Waals surface area contributed by atoms with Gasteiger partial charge < -0.3 is 4.90 Å². The van der Waals surface area contributed by atoms with Gasteiger partial charge >= 0.3 is 0 Å². The van der Waals surface area contributed by atoms with Crippen LogP contribution in [0.1, 0.15) is 68.7 Å². The lowest BCUT2D eigenvalue weighted by molar-refractivity contribution is 0.312. The zero-order chi connectivity index (χ0) is 15.0. The van der Waals surface area contributed by atoms with Crippen molar-refractivity contribution in [3.8, 4) is 0 Å². The Kier molecular flexibility index (Phi) is 3.96. The minimum atomic E-state index is 0.231. The van der Waals surface area contributed by atoms with Gasteiger partial charge in [-0.1, -0.05) is 39.0 Å². The molecular formula is C20H29N. The van der Waals surface area contributed by atoms with Crippen molar-refractivity contribution in [2.24, 2.45) is 0 Å². The number of allylic oxidation sites excluding steroid dienone is 2. The van der Waals surface area contributed by atoms with E-state index in [2.05, 4.69) is 50.9 Å². The number of hydrogen-bond acceptors (Lipinski definition) is 1. The van der Waals surface area contributed by atoms with Gasteiger partial charge in [0.1, 0.15) is 0 Å². The van der Waals surface area contributed by atoms with Crippen LogP contribution in [0.5, 0.6) is 0 Å². The minimum Gasteiger partial charge on any atom is -0.302 e. The fraction of sp³-hybridized carbons (Fsp3) is 0.600. The van der Waals surface area contributed by atoms with Crippen LogP contribution in [0.3, 0.4) is 0 Å². The smallest absolute Gasteiger partial charge is 0.0233 e. The third-order valence-corrected chi connectivity index (χ3v) is 5.03. The van der Waals surface area contributed by atoms with E-state index in [4.69, 9.17) is 0 Å². The predicted molar refractivity (Wildman–Crippen MR) is 91.6 cm³/mol. The lowest BCUT2D eigenvalue weighted by atomic mass is 9.79.